The predicted octanol–water partition coefficient (Wildman–Crippen LogP) is 1.69. The van der Waals surface area contributed by atoms with Gasteiger partial charge in [-0.1, -0.05) is 18.2 Å². The molecule has 5 nitrogen and oxygen atoms in total. The SMILES string of the molecule is Cn1c(-c2nnc(CN)o2)cc2ccccc21. The molecule has 86 valence electrons. The lowest BCUT2D eigenvalue weighted by molar-refractivity contribution is 0.505. The number of hydrogen-bond donors (Lipinski definition) is 1. The molecule has 0 aliphatic heterocycles. The van der Waals surface area contributed by atoms with Gasteiger partial charge in [0.15, 0.2) is 0 Å². The minimum absolute atomic E-state index is 0.261. The number of nitrogens with zero attached hydrogens (tertiary/aromatic N) is 3. The van der Waals surface area contributed by atoms with E-state index >= 15 is 0 Å². The first-order valence-corrected chi connectivity index (χ1v) is 5.37. The first kappa shape index (κ1) is 10.0. The maximum atomic E-state index is 5.46. The maximum Gasteiger partial charge on any atom is 0.264 e. The molecule has 0 bridgehead atoms. The van der Waals surface area contributed by atoms with Crippen LogP contribution in [0.15, 0.2) is 34.7 Å². The highest BCUT2D eigenvalue weighted by Gasteiger charge is 2.13. The van der Waals surface area contributed by atoms with Gasteiger partial charge in [0, 0.05) is 18.0 Å². The van der Waals surface area contributed by atoms with E-state index in [-0.39, 0.29) is 6.54 Å². The summed E-state index contributed by atoms with van der Waals surface area (Å²) in [4.78, 5) is 0. The molecule has 0 amide bonds. The van der Waals surface area contributed by atoms with Crippen LogP contribution in [0, 0.1) is 0 Å². The second-order valence-corrected chi connectivity index (χ2v) is 3.85. The Morgan fingerprint density at radius 2 is 2.12 bits per heavy atom. The molecule has 5 heteroatoms. The summed E-state index contributed by atoms with van der Waals surface area (Å²) in [6, 6.07) is 10.2. The number of aromatic nitrogens is 3. The Kier molecular flexibility index (Phi) is 2.19. The first-order valence-electron chi connectivity index (χ1n) is 5.37. The number of nitrogens with two attached hydrogens (primary N) is 1. The summed E-state index contributed by atoms with van der Waals surface area (Å²) in [5, 5.41) is 9.01. The molecule has 0 aliphatic carbocycles. The first-order chi connectivity index (χ1) is 8.29. The molecular weight excluding hydrogens is 216 g/mol. The molecule has 0 saturated carbocycles. The summed E-state index contributed by atoms with van der Waals surface area (Å²) in [6.07, 6.45) is 0. The molecule has 0 aliphatic rings. The lowest BCUT2D eigenvalue weighted by Gasteiger charge is -1.98. The van der Waals surface area contributed by atoms with Gasteiger partial charge in [0.05, 0.1) is 6.54 Å². The number of hydrogen-bond acceptors (Lipinski definition) is 4. The summed E-state index contributed by atoms with van der Waals surface area (Å²) < 4.78 is 7.49. The fourth-order valence-electron chi connectivity index (χ4n) is 1.93. The molecule has 0 atom stereocenters. The van der Waals surface area contributed by atoms with E-state index in [1.165, 1.54) is 0 Å². The molecule has 0 radical (unpaired) electrons. The van der Waals surface area contributed by atoms with Gasteiger partial charge in [-0.15, -0.1) is 10.2 Å². The van der Waals surface area contributed by atoms with Crippen LogP contribution in [0.5, 0.6) is 0 Å². The molecule has 3 rings (SSSR count). The molecule has 2 aromatic heterocycles. The molecule has 17 heavy (non-hydrogen) atoms. The monoisotopic (exact) mass is 228 g/mol. The van der Waals surface area contributed by atoms with Crippen LogP contribution in [0.2, 0.25) is 0 Å². The Labute approximate surface area is 97.9 Å². The Hall–Kier alpha value is -2.14. The molecule has 2 heterocycles. The van der Waals surface area contributed by atoms with Crippen molar-refractivity contribution in [3.8, 4) is 11.6 Å². The largest absolute Gasteiger partial charge is 0.418 e. The highest BCUT2D eigenvalue weighted by molar-refractivity contribution is 5.85. The van der Waals surface area contributed by atoms with Crippen molar-refractivity contribution in [2.24, 2.45) is 12.8 Å². The lowest BCUT2D eigenvalue weighted by atomic mass is 10.2. The predicted molar refractivity (Wildman–Crippen MR) is 64.1 cm³/mol. The number of para-hydroxylation sites is 1. The average Bonchev–Trinajstić information content (AvgIpc) is 2.95. The van der Waals surface area contributed by atoms with Crippen LogP contribution in [0.3, 0.4) is 0 Å². The van der Waals surface area contributed by atoms with Gasteiger partial charge in [-0.3, -0.25) is 0 Å². The summed E-state index contributed by atoms with van der Waals surface area (Å²) in [6.45, 7) is 0.261. The van der Waals surface area contributed by atoms with Crippen molar-refractivity contribution in [2.75, 3.05) is 0 Å². The van der Waals surface area contributed by atoms with Gasteiger partial charge >= 0.3 is 0 Å². The van der Waals surface area contributed by atoms with Crippen molar-refractivity contribution in [1.29, 1.82) is 0 Å². The molecule has 0 fully saturated rings. The van der Waals surface area contributed by atoms with Crippen LogP contribution in [-0.2, 0) is 13.6 Å². The van der Waals surface area contributed by atoms with E-state index in [9.17, 15) is 0 Å². The zero-order valence-corrected chi connectivity index (χ0v) is 9.42. The second-order valence-electron chi connectivity index (χ2n) is 3.85. The van der Waals surface area contributed by atoms with E-state index in [1.54, 1.807) is 0 Å². The molecule has 2 N–H and O–H groups in total. The van der Waals surface area contributed by atoms with E-state index in [2.05, 4.69) is 22.3 Å². The molecule has 0 spiro atoms. The van der Waals surface area contributed by atoms with Gasteiger partial charge in [0.2, 0.25) is 5.89 Å². The van der Waals surface area contributed by atoms with Gasteiger partial charge in [-0.2, -0.15) is 0 Å². The van der Waals surface area contributed by atoms with Crippen molar-refractivity contribution in [3.05, 3.63) is 36.2 Å². The summed E-state index contributed by atoms with van der Waals surface area (Å²) in [5.74, 6) is 0.953. The van der Waals surface area contributed by atoms with E-state index in [0.717, 1.165) is 16.6 Å². The maximum absolute atomic E-state index is 5.46. The normalized spacial score (nSPS) is 11.2. The van der Waals surface area contributed by atoms with Gasteiger partial charge in [0.25, 0.3) is 5.89 Å². The van der Waals surface area contributed by atoms with Gasteiger partial charge in [-0.05, 0) is 12.1 Å². The molecule has 3 aromatic rings. The van der Waals surface area contributed by atoms with E-state index < -0.39 is 0 Å². The van der Waals surface area contributed by atoms with Crippen molar-refractivity contribution in [2.45, 2.75) is 6.54 Å². The van der Waals surface area contributed by atoms with Crippen molar-refractivity contribution >= 4 is 10.9 Å². The van der Waals surface area contributed by atoms with Crippen molar-refractivity contribution < 1.29 is 4.42 Å². The number of rotatable bonds is 2. The Morgan fingerprint density at radius 1 is 1.29 bits per heavy atom. The van der Waals surface area contributed by atoms with Gasteiger partial charge in [0.1, 0.15) is 5.69 Å². The highest BCUT2D eigenvalue weighted by atomic mass is 16.4. The third kappa shape index (κ3) is 1.52. The topological polar surface area (TPSA) is 69.9 Å². The quantitative estimate of drug-likeness (QED) is 0.724. The zero-order valence-electron chi connectivity index (χ0n) is 9.42. The number of aryl methyl sites for hydroxylation is 1. The molecule has 0 saturated heterocycles. The third-order valence-corrected chi connectivity index (χ3v) is 2.81. The fourth-order valence-corrected chi connectivity index (χ4v) is 1.93. The fraction of sp³-hybridized carbons (Fsp3) is 0.167. The van der Waals surface area contributed by atoms with Crippen molar-refractivity contribution in [1.82, 2.24) is 14.8 Å². The molecule has 0 unspecified atom stereocenters. The van der Waals surface area contributed by atoms with Crippen molar-refractivity contribution in [3.63, 3.8) is 0 Å². The Morgan fingerprint density at radius 3 is 2.82 bits per heavy atom. The zero-order chi connectivity index (χ0) is 11.8. The van der Waals surface area contributed by atoms with Crippen LogP contribution in [0.4, 0.5) is 0 Å². The number of benzene rings is 1. The van der Waals surface area contributed by atoms with Crippen LogP contribution in [0.25, 0.3) is 22.5 Å². The average molecular weight is 228 g/mol. The standard InChI is InChI=1S/C12H12N4O/c1-16-9-5-3-2-4-8(9)6-10(16)12-15-14-11(7-13)17-12/h2-6H,7,13H2,1H3. The molecule has 1 aromatic carbocycles. The molecular formula is C12H12N4O. The third-order valence-electron chi connectivity index (χ3n) is 2.81. The van der Waals surface area contributed by atoms with Crippen LogP contribution >= 0.6 is 0 Å². The Bertz CT molecular complexity index is 668. The minimum Gasteiger partial charge on any atom is -0.418 e. The second kappa shape index (κ2) is 3.71. The van der Waals surface area contributed by atoms with Crippen LogP contribution in [0.1, 0.15) is 5.89 Å². The van der Waals surface area contributed by atoms with Crippen LogP contribution < -0.4 is 5.73 Å². The van der Waals surface area contributed by atoms with Gasteiger partial charge < -0.3 is 14.7 Å². The van der Waals surface area contributed by atoms with E-state index in [1.807, 2.05) is 29.8 Å². The number of fused-ring (bicyclic) bond motifs is 1. The van der Waals surface area contributed by atoms with E-state index in [0.29, 0.717) is 11.8 Å². The summed E-state index contributed by atoms with van der Waals surface area (Å²) in [5.41, 5.74) is 7.49. The van der Waals surface area contributed by atoms with Crippen LogP contribution in [-0.4, -0.2) is 14.8 Å². The lowest BCUT2D eigenvalue weighted by Crippen LogP contribution is -1.95. The van der Waals surface area contributed by atoms with Gasteiger partial charge in [-0.25, -0.2) is 0 Å². The minimum atomic E-state index is 0.261. The summed E-state index contributed by atoms with van der Waals surface area (Å²) in [7, 11) is 1.98. The Balaban J connectivity index is 2.20. The highest BCUT2D eigenvalue weighted by Crippen LogP contribution is 2.25. The van der Waals surface area contributed by atoms with E-state index in [4.69, 9.17) is 10.2 Å². The smallest absolute Gasteiger partial charge is 0.264 e. The summed E-state index contributed by atoms with van der Waals surface area (Å²) >= 11 is 0.